The Balaban J connectivity index is 2.27. The molecule has 0 aromatic carbocycles. The Morgan fingerprint density at radius 3 is 2.88 bits per heavy atom. The lowest BCUT2D eigenvalue weighted by Crippen LogP contribution is -2.34. The van der Waals surface area contributed by atoms with E-state index in [2.05, 4.69) is 46.2 Å². The van der Waals surface area contributed by atoms with Gasteiger partial charge in [-0.2, -0.15) is 0 Å². The minimum Gasteiger partial charge on any atom is -0.327 e. The lowest BCUT2D eigenvalue weighted by atomic mass is 10.1. The van der Waals surface area contributed by atoms with Gasteiger partial charge in [-0.3, -0.25) is 0 Å². The van der Waals surface area contributed by atoms with Crippen LogP contribution < -0.4 is 5.73 Å². The fraction of sp³-hybridized carbons (Fsp3) is 0.667. The molecule has 1 aromatic heterocycles. The number of nitrogens with two attached hydrogens (primary N) is 1. The summed E-state index contributed by atoms with van der Waals surface area (Å²) in [7, 11) is 2.14. The smallest absolute Gasteiger partial charge is 0.0701 e. The molecule has 4 heteroatoms. The molecule has 1 rings (SSSR count). The minimum atomic E-state index is 0.312. The highest BCUT2D eigenvalue weighted by atomic mass is 79.9. The molecule has 0 amide bonds. The quantitative estimate of drug-likeness (QED) is 0.836. The van der Waals surface area contributed by atoms with Crippen molar-refractivity contribution in [3.63, 3.8) is 0 Å². The Bertz CT molecular complexity index is 301. The predicted molar refractivity (Wildman–Crippen MR) is 75.9 cm³/mol. The van der Waals surface area contributed by atoms with Gasteiger partial charge in [0.15, 0.2) is 0 Å². The zero-order valence-electron chi connectivity index (χ0n) is 10.1. The van der Waals surface area contributed by atoms with Gasteiger partial charge in [-0.15, -0.1) is 11.3 Å². The Morgan fingerprint density at radius 1 is 1.56 bits per heavy atom. The van der Waals surface area contributed by atoms with E-state index in [1.54, 1.807) is 11.3 Å². The number of thiophene rings is 1. The predicted octanol–water partition coefficient (Wildman–Crippen LogP) is 3.46. The van der Waals surface area contributed by atoms with E-state index in [1.165, 1.54) is 22.2 Å². The van der Waals surface area contributed by atoms with Gasteiger partial charge in [-0.05, 0) is 46.4 Å². The van der Waals surface area contributed by atoms with Crippen molar-refractivity contribution in [3.05, 3.63) is 20.8 Å². The molecule has 16 heavy (non-hydrogen) atoms. The largest absolute Gasteiger partial charge is 0.327 e. The summed E-state index contributed by atoms with van der Waals surface area (Å²) < 4.78 is 1.20. The van der Waals surface area contributed by atoms with Crippen molar-refractivity contribution in [3.8, 4) is 0 Å². The van der Waals surface area contributed by atoms with Crippen LogP contribution in [0.5, 0.6) is 0 Å². The molecular formula is C12H21BrN2S. The van der Waals surface area contributed by atoms with E-state index in [-0.39, 0.29) is 0 Å². The third kappa shape index (κ3) is 5.43. The van der Waals surface area contributed by atoms with Crippen LogP contribution in [0.3, 0.4) is 0 Å². The average molecular weight is 305 g/mol. The van der Waals surface area contributed by atoms with E-state index in [0.29, 0.717) is 6.04 Å². The van der Waals surface area contributed by atoms with Crippen molar-refractivity contribution in [2.24, 2.45) is 5.73 Å². The summed E-state index contributed by atoms with van der Waals surface area (Å²) in [5, 5.41) is 2.19. The Morgan fingerprint density at radius 2 is 2.31 bits per heavy atom. The van der Waals surface area contributed by atoms with Gasteiger partial charge >= 0.3 is 0 Å². The normalized spacial score (nSPS) is 13.3. The molecule has 2 nitrogen and oxygen atoms in total. The molecule has 0 aliphatic heterocycles. The highest BCUT2D eigenvalue weighted by Crippen LogP contribution is 2.21. The average Bonchev–Trinajstić information content (AvgIpc) is 2.60. The molecule has 1 heterocycles. The molecule has 0 saturated carbocycles. The van der Waals surface area contributed by atoms with E-state index in [1.807, 2.05) is 0 Å². The number of unbranched alkanes of at least 4 members (excludes halogenated alkanes) is 1. The van der Waals surface area contributed by atoms with Crippen LogP contribution in [0.15, 0.2) is 15.2 Å². The first-order valence-electron chi connectivity index (χ1n) is 5.78. The van der Waals surface area contributed by atoms with Crippen LogP contribution in [-0.2, 0) is 6.54 Å². The van der Waals surface area contributed by atoms with Gasteiger partial charge in [0, 0.05) is 19.1 Å². The van der Waals surface area contributed by atoms with Gasteiger partial charge in [0.25, 0.3) is 0 Å². The molecule has 92 valence electrons. The van der Waals surface area contributed by atoms with E-state index >= 15 is 0 Å². The Hall–Kier alpha value is 0.100. The molecule has 1 unspecified atom stereocenters. The summed E-state index contributed by atoms with van der Waals surface area (Å²) in [5.41, 5.74) is 7.43. The number of halogens is 1. The van der Waals surface area contributed by atoms with Crippen LogP contribution in [0.4, 0.5) is 0 Å². The van der Waals surface area contributed by atoms with Gasteiger partial charge < -0.3 is 10.6 Å². The van der Waals surface area contributed by atoms with Crippen molar-refractivity contribution in [1.29, 1.82) is 0 Å². The van der Waals surface area contributed by atoms with E-state index < -0.39 is 0 Å². The SMILES string of the molecule is CCCCC(N)CN(C)Cc1csc(Br)c1. The molecule has 0 fully saturated rings. The first kappa shape index (κ1) is 14.2. The van der Waals surface area contributed by atoms with E-state index in [0.717, 1.165) is 19.5 Å². The molecule has 0 spiro atoms. The summed E-state index contributed by atoms with van der Waals surface area (Å²) >= 11 is 5.22. The molecule has 1 aromatic rings. The minimum absolute atomic E-state index is 0.312. The summed E-state index contributed by atoms with van der Waals surface area (Å²) in [6.07, 6.45) is 3.60. The fourth-order valence-electron chi connectivity index (χ4n) is 1.76. The number of likely N-dealkylation sites (N-methyl/N-ethyl adjacent to an activating group) is 1. The van der Waals surface area contributed by atoms with Gasteiger partial charge in [-0.1, -0.05) is 19.8 Å². The lowest BCUT2D eigenvalue weighted by molar-refractivity contribution is 0.296. The van der Waals surface area contributed by atoms with Gasteiger partial charge in [-0.25, -0.2) is 0 Å². The number of hydrogen-bond acceptors (Lipinski definition) is 3. The van der Waals surface area contributed by atoms with Crippen LogP contribution in [0.25, 0.3) is 0 Å². The van der Waals surface area contributed by atoms with Crippen LogP contribution >= 0.6 is 27.3 Å². The number of hydrogen-bond donors (Lipinski definition) is 1. The van der Waals surface area contributed by atoms with E-state index in [9.17, 15) is 0 Å². The standard InChI is InChI=1S/C12H21BrN2S/c1-3-4-5-11(14)8-15(2)7-10-6-12(13)16-9-10/h6,9,11H,3-5,7-8,14H2,1-2H3. The van der Waals surface area contributed by atoms with Crippen molar-refractivity contribution >= 4 is 27.3 Å². The summed E-state index contributed by atoms with van der Waals surface area (Å²) in [6.45, 7) is 4.18. The van der Waals surface area contributed by atoms with Crippen LogP contribution in [0.2, 0.25) is 0 Å². The van der Waals surface area contributed by atoms with Gasteiger partial charge in [0.05, 0.1) is 3.79 Å². The van der Waals surface area contributed by atoms with Crippen molar-refractivity contribution in [1.82, 2.24) is 4.90 Å². The molecule has 0 bridgehead atoms. The highest BCUT2D eigenvalue weighted by molar-refractivity contribution is 9.11. The van der Waals surface area contributed by atoms with Crippen LogP contribution in [-0.4, -0.2) is 24.5 Å². The maximum absolute atomic E-state index is 6.07. The van der Waals surface area contributed by atoms with Gasteiger partial charge in [0.1, 0.15) is 0 Å². The molecule has 2 N–H and O–H groups in total. The third-order valence-corrected chi connectivity index (χ3v) is 4.10. The maximum Gasteiger partial charge on any atom is 0.0701 e. The first-order valence-corrected chi connectivity index (χ1v) is 7.46. The highest BCUT2D eigenvalue weighted by Gasteiger charge is 2.07. The lowest BCUT2D eigenvalue weighted by Gasteiger charge is -2.20. The second-order valence-electron chi connectivity index (χ2n) is 4.36. The zero-order valence-corrected chi connectivity index (χ0v) is 12.5. The second-order valence-corrected chi connectivity index (χ2v) is 6.65. The van der Waals surface area contributed by atoms with Crippen LogP contribution in [0, 0.1) is 0 Å². The van der Waals surface area contributed by atoms with Crippen molar-refractivity contribution in [2.75, 3.05) is 13.6 Å². The summed E-state index contributed by atoms with van der Waals surface area (Å²) in [4.78, 5) is 2.30. The second kappa shape index (κ2) is 7.43. The van der Waals surface area contributed by atoms with Crippen molar-refractivity contribution in [2.45, 2.75) is 38.8 Å². The third-order valence-electron chi connectivity index (χ3n) is 2.55. The maximum atomic E-state index is 6.07. The molecule has 0 radical (unpaired) electrons. The summed E-state index contributed by atoms with van der Waals surface area (Å²) in [6, 6.07) is 2.49. The topological polar surface area (TPSA) is 29.3 Å². The fourth-order valence-corrected chi connectivity index (χ4v) is 2.96. The Kier molecular flexibility index (Phi) is 6.58. The first-order chi connectivity index (χ1) is 7.61. The number of nitrogens with zero attached hydrogens (tertiary/aromatic N) is 1. The monoisotopic (exact) mass is 304 g/mol. The van der Waals surface area contributed by atoms with Gasteiger partial charge in [0.2, 0.25) is 0 Å². The van der Waals surface area contributed by atoms with Crippen molar-refractivity contribution < 1.29 is 0 Å². The molecular weight excluding hydrogens is 284 g/mol. The molecule has 0 saturated heterocycles. The zero-order chi connectivity index (χ0) is 12.0. The molecule has 0 aliphatic carbocycles. The summed E-state index contributed by atoms with van der Waals surface area (Å²) in [5.74, 6) is 0. The molecule has 1 atom stereocenters. The number of rotatable bonds is 7. The molecule has 0 aliphatic rings. The Labute approximate surface area is 111 Å². The van der Waals surface area contributed by atoms with E-state index in [4.69, 9.17) is 5.73 Å². The van der Waals surface area contributed by atoms with Crippen LogP contribution in [0.1, 0.15) is 31.7 Å².